The van der Waals surface area contributed by atoms with E-state index in [-0.39, 0.29) is 17.2 Å². The summed E-state index contributed by atoms with van der Waals surface area (Å²) in [7, 11) is 0. The van der Waals surface area contributed by atoms with E-state index in [2.05, 4.69) is 60.4 Å². The van der Waals surface area contributed by atoms with Crippen LogP contribution >= 0.6 is 0 Å². The van der Waals surface area contributed by atoms with Crippen molar-refractivity contribution >= 4 is 28.6 Å². The fourth-order valence-electron chi connectivity index (χ4n) is 5.58. The molecule has 2 saturated carbocycles. The zero-order valence-corrected chi connectivity index (χ0v) is 20.2. The molecule has 178 valence electrons. The molecular weight excluding hydrogens is 438 g/mol. The first-order chi connectivity index (χ1) is 16.9. The Morgan fingerprint density at radius 3 is 2.54 bits per heavy atom. The van der Waals surface area contributed by atoms with E-state index in [0.29, 0.717) is 12.5 Å². The van der Waals surface area contributed by atoms with E-state index in [0.717, 1.165) is 77.8 Å². The Kier molecular flexibility index (Phi) is 4.19. The molecule has 2 amide bonds. The van der Waals surface area contributed by atoms with Crippen molar-refractivity contribution in [2.45, 2.75) is 45.1 Å². The number of nitrogens with zero attached hydrogens (tertiary/aromatic N) is 4. The fourth-order valence-corrected chi connectivity index (χ4v) is 5.58. The predicted molar refractivity (Wildman–Crippen MR) is 134 cm³/mol. The highest BCUT2D eigenvalue weighted by Gasteiger charge is 2.58. The van der Waals surface area contributed by atoms with Crippen molar-refractivity contribution in [2.75, 3.05) is 19.6 Å². The van der Waals surface area contributed by atoms with Gasteiger partial charge in [-0.15, -0.1) is 0 Å². The third-order valence-corrected chi connectivity index (χ3v) is 8.39. The minimum absolute atomic E-state index is 0.125. The molecule has 2 aliphatic heterocycles. The maximum absolute atomic E-state index is 13.4. The zero-order chi connectivity index (χ0) is 23.9. The zero-order valence-electron chi connectivity index (χ0n) is 20.2. The van der Waals surface area contributed by atoms with Crippen LogP contribution in [0.15, 0.2) is 47.6 Å². The number of likely N-dealkylation sites (tertiary alicyclic amines) is 1. The fraction of sp³-hybridized carbons (Fsp3) is 0.429. The average Bonchev–Trinajstić information content (AvgIpc) is 3.70. The molecule has 1 spiro atoms. The van der Waals surface area contributed by atoms with Gasteiger partial charge in [-0.3, -0.25) is 24.6 Å². The molecule has 1 saturated heterocycles. The summed E-state index contributed by atoms with van der Waals surface area (Å²) >= 11 is 0. The number of H-pyrrole nitrogens is 1. The maximum Gasteiger partial charge on any atom is 0.256 e. The largest absolute Gasteiger partial charge is 0.341 e. The molecule has 3 heterocycles. The number of hydrogen-bond donors (Lipinski definition) is 1. The van der Waals surface area contributed by atoms with Crippen molar-refractivity contribution in [1.29, 1.82) is 0 Å². The van der Waals surface area contributed by atoms with Crippen LogP contribution in [-0.4, -0.2) is 62.8 Å². The second kappa shape index (κ2) is 7.03. The van der Waals surface area contributed by atoms with Crippen LogP contribution in [-0.2, 0) is 9.59 Å². The van der Waals surface area contributed by atoms with Gasteiger partial charge in [-0.25, -0.2) is 0 Å². The number of aromatic nitrogens is 2. The van der Waals surface area contributed by atoms with Gasteiger partial charge in [0.2, 0.25) is 5.91 Å². The number of carbonyl (C=O) groups is 2. The van der Waals surface area contributed by atoms with Gasteiger partial charge in [-0.05, 0) is 55.4 Å². The van der Waals surface area contributed by atoms with Crippen LogP contribution in [0.5, 0.6) is 0 Å². The van der Waals surface area contributed by atoms with Gasteiger partial charge in [-0.2, -0.15) is 5.10 Å². The molecule has 0 unspecified atom stereocenters. The molecule has 7 rings (SSSR count). The lowest BCUT2D eigenvalue weighted by Crippen LogP contribution is -2.56. The Hall–Kier alpha value is -3.48. The Balaban J connectivity index is 1.13. The topological polar surface area (TPSA) is 81.7 Å². The van der Waals surface area contributed by atoms with Crippen molar-refractivity contribution < 1.29 is 9.59 Å². The predicted octanol–water partition coefficient (Wildman–Crippen LogP) is 3.92. The lowest BCUT2D eigenvalue weighted by Gasteiger charge is -2.42. The number of carbonyl (C=O) groups excluding carboxylic acids is 2. The van der Waals surface area contributed by atoms with E-state index in [1.165, 1.54) is 0 Å². The number of aryl methyl sites for hydroxylation is 1. The Bertz CT molecular complexity index is 1420. The van der Waals surface area contributed by atoms with Gasteiger partial charge in [0.15, 0.2) is 0 Å². The summed E-state index contributed by atoms with van der Waals surface area (Å²) in [6.45, 7) is 6.28. The molecule has 1 aromatic heterocycles. The van der Waals surface area contributed by atoms with Crippen LogP contribution in [0, 0.1) is 18.3 Å². The molecule has 2 aliphatic carbocycles. The molecular formula is C28H29N5O2. The number of nitrogens with one attached hydrogen (secondary N) is 1. The van der Waals surface area contributed by atoms with Gasteiger partial charge < -0.3 is 4.90 Å². The summed E-state index contributed by atoms with van der Waals surface area (Å²) in [5, 5.41) is 8.25. The Labute approximate surface area is 204 Å². The minimum atomic E-state index is -0.535. The molecule has 7 nitrogen and oxygen atoms in total. The van der Waals surface area contributed by atoms with Crippen LogP contribution in [0.3, 0.4) is 0 Å². The number of aromatic amines is 1. The van der Waals surface area contributed by atoms with Crippen molar-refractivity contribution in [2.24, 2.45) is 16.3 Å². The average molecular weight is 468 g/mol. The van der Waals surface area contributed by atoms with Gasteiger partial charge in [0.1, 0.15) is 11.4 Å². The number of rotatable bonds is 5. The summed E-state index contributed by atoms with van der Waals surface area (Å²) in [4.78, 5) is 34.8. The number of fused-ring (bicyclic) bond motifs is 1. The third-order valence-electron chi connectivity index (χ3n) is 8.39. The summed E-state index contributed by atoms with van der Waals surface area (Å²) in [5.74, 6) is 1.54. The first-order valence-electron chi connectivity index (χ1n) is 12.6. The molecule has 7 heteroatoms. The third kappa shape index (κ3) is 3.24. The number of hydrogen-bond acceptors (Lipinski definition) is 4. The molecule has 3 aromatic rings. The van der Waals surface area contributed by atoms with Gasteiger partial charge >= 0.3 is 0 Å². The van der Waals surface area contributed by atoms with Crippen LogP contribution in [0.1, 0.15) is 43.7 Å². The smallest absolute Gasteiger partial charge is 0.256 e. The van der Waals surface area contributed by atoms with Gasteiger partial charge in [0.05, 0.1) is 11.7 Å². The van der Waals surface area contributed by atoms with Gasteiger partial charge in [-0.1, -0.05) is 37.3 Å². The summed E-state index contributed by atoms with van der Waals surface area (Å²) < 4.78 is 0. The number of aliphatic imine (C=N–C) groups is 1. The van der Waals surface area contributed by atoms with Gasteiger partial charge in [0.25, 0.3) is 5.91 Å². The van der Waals surface area contributed by atoms with Crippen LogP contribution in [0.2, 0.25) is 0 Å². The van der Waals surface area contributed by atoms with E-state index in [1.807, 2.05) is 16.0 Å². The second-order valence-corrected chi connectivity index (χ2v) is 11.2. The van der Waals surface area contributed by atoms with Gasteiger partial charge in [0, 0.05) is 41.9 Å². The monoisotopic (exact) mass is 467 g/mol. The highest BCUT2D eigenvalue weighted by Crippen LogP contribution is 2.48. The molecule has 0 bridgehead atoms. The Morgan fingerprint density at radius 2 is 1.83 bits per heavy atom. The molecule has 0 radical (unpaired) electrons. The van der Waals surface area contributed by atoms with Crippen molar-refractivity contribution in [3.8, 4) is 11.1 Å². The molecule has 3 fully saturated rings. The Morgan fingerprint density at radius 1 is 1.09 bits per heavy atom. The first-order valence-corrected chi connectivity index (χ1v) is 12.6. The summed E-state index contributed by atoms with van der Waals surface area (Å²) in [6.07, 6.45) is 5.50. The maximum atomic E-state index is 13.4. The highest BCUT2D eigenvalue weighted by atomic mass is 16.2. The SMILES string of the molecule is Cc1cc(-c2ccc3cn[nH]c3c2)ccc1C1=NC2(CC2)C(=O)N1CC1CN(C(=O)C2(C)CC2)C1. The molecule has 1 N–H and O–H groups in total. The molecule has 0 atom stereocenters. The van der Waals surface area contributed by atoms with Crippen LogP contribution in [0.25, 0.3) is 22.0 Å². The lowest BCUT2D eigenvalue weighted by molar-refractivity contribution is -0.143. The van der Waals surface area contributed by atoms with E-state index in [9.17, 15) is 9.59 Å². The normalized spacial score (nSPS) is 22.0. The van der Waals surface area contributed by atoms with Crippen molar-refractivity contribution in [1.82, 2.24) is 20.0 Å². The molecule has 4 aliphatic rings. The summed E-state index contributed by atoms with van der Waals surface area (Å²) in [6, 6.07) is 12.7. The first kappa shape index (κ1) is 20.9. The molecule has 35 heavy (non-hydrogen) atoms. The quantitative estimate of drug-likeness (QED) is 0.618. The van der Waals surface area contributed by atoms with Crippen LogP contribution < -0.4 is 0 Å². The van der Waals surface area contributed by atoms with Crippen LogP contribution in [0.4, 0.5) is 0 Å². The standard InChI is InChI=1S/C28H29N5O2/c1-17-11-19(20-3-4-21-13-29-31-23(21)12-20)5-6-22(17)24-30-28(9-10-28)26(35)33(24)16-18-14-32(15-18)25(34)27(2)7-8-27/h3-6,11-13,18H,7-10,14-16H2,1-2H3,(H,29,31). The number of amides is 2. The van der Waals surface area contributed by atoms with E-state index < -0.39 is 5.54 Å². The molecule has 2 aromatic carbocycles. The van der Waals surface area contributed by atoms with E-state index in [4.69, 9.17) is 4.99 Å². The lowest BCUT2D eigenvalue weighted by atomic mass is 9.95. The summed E-state index contributed by atoms with van der Waals surface area (Å²) in [5.41, 5.74) is 4.73. The highest BCUT2D eigenvalue weighted by molar-refractivity contribution is 6.17. The van der Waals surface area contributed by atoms with E-state index in [1.54, 1.807) is 0 Å². The van der Waals surface area contributed by atoms with Crippen molar-refractivity contribution in [3.05, 3.63) is 53.7 Å². The van der Waals surface area contributed by atoms with E-state index >= 15 is 0 Å². The number of benzene rings is 2. The minimum Gasteiger partial charge on any atom is -0.341 e. The second-order valence-electron chi connectivity index (χ2n) is 11.2. The number of amidine groups is 1. The van der Waals surface area contributed by atoms with Crippen molar-refractivity contribution in [3.63, 3.8) is 0 Å².